The van der Waals surface area contributed by atoms with Crippen LogP contribution in [0.1, 0.15) is 27.8 Å². The highest BCUT2D eigenvalue weighted by Gasteiger charge is 2.15. The van der Waals surface area contributed by atoms with E-state index in [0.29, 0.717) is 11.4 Å². The number of aromatic nitrogens is 3. The molecular weight excluding hydrogens is 412 g/mol. The van der Waals surface area contributed by atoms with Gasteiger partial charge in [0.15, 0.2) is 0 Å². The first-order chi connectivity index (χ1) is 13.0. The molecule has 0 aliphatic carbocycles. The minimum atomic E-state index is -0.778. The largest absolute Gasteiger partial charge is 0.497 e. The van der Waals surface area contributed by atoms with Gasteiger partial charge in [0.25, 0.3) is 5.91 Å². The molecule has 0 radical (unpaired) electrons. The van der Waals surface area contributed by atoms with Gasteiger partial charge in [-0.2, -0.15) is 0 Å². The van der Waals surface area contributed by atoms with E-state index in [1.807, 2.05) is 25.1 Å². The van der Waals surface area contributed by atoms with Crippen molar-refractivity contribution in [2.24, 2.45) is 0 Å². The summed E-state index contributed by atoms with van der Waals surface area (Å²) in [7, 11) is 1.59. The number of aliphatic hydroxyl groups excluding tert-OH is 1. The lowest BCUT2D eigenvalue weighted by Crippen LogP contribution is -2.15. The summed E-state index contributed by atoms with van der Waals surface area (Å²) in [5.74, 6) is 0.328. The van der Waals surface area contributed by atoms with E-state index in [1.54, 1.807) is 31.4 Å². The number of aryl methyl sites for hydroxylation is 1. The zero-order chi connectivity index (χ0) is 19.4. The molecule has 1 heterocycles. The Labute approximate surface area is 165 Å². The molecule has 1 atom stereocenters. The number of halogens is 1. The number of carbonyl (C=O) groups is 1. The molecule has 0 spiro atoms. The lowest BCUT2D eigenvalue weighted by molar-refractivity contribution is 0.101. The van der Waals surface area contributed by atoms with Gasteiger partial charge < -0.3 is 15.2 Å². The summed E-state index contributed by atoms with van der Waals surface area (Å²) in [4.78, 5) is 16.4. The number of methoxy groups -OCH3 is 1. The molecule has 1 amide bonds. The van der Waals surface area contributed by atoms with Crippen molar-refractivity contribution in [2.75, 3.05) is 12.4 Å². The number of amides is 1. The Bertz CT molecular complexity index is 940. The minimum absolute atomic E-state index is 0.0319. The van der Waals surface area contributed by atoms with Crippen LogP contribution < -0.4 is 10.1 Å². The highest BCUT2D eigenvalue weighted by Crippen LogP contribution is 2.23. The van der Waals surface area contributed by atoms with Crippen molar-refractivity contribution in [3.05, 3.63) is 70.2 Å². The second kappa shape index (κ2) is 8.32. The highest BCUT2D eigenvalue weighted by atomic mass is 79.9. The maximum Gasteiger partial charge on any atom is 0.295 e. The summed E-state index contributed by atoms with van der Waals surface area (Å²) in [6.45, 7) is 2.15. The van der Waals surface area contributed by atoms with Gasteiger partial charge in [-0.1, -0.05) is 18.2 Å². The van der Waals surface area contributed by atoms with Crippen LogP contribution in [0.4, 0.5) is 5.69 Å². The Kier molecular flexibility index (Phi) is 5.88. The molecule has 140 valence electrons. The molecule has 3 rings (SSSR count). The Morgan fingerprint density at radius 2 is 2.04 bits per heavy atom. The lowest BCUT2D eigenvalue weighted by atomic mass is 10.1. The molecule has 0 bridgehead atoms. The first kappa shape index (κ1) is 19.1. The van der Waals surface area contributed by atoms with Crippen LogP contribution >= 0.6 is 15.9 Å². The van der Waals surface area contributed by atoms with Gasteiger partial charge in [-0.05, 0) is 58.2 Å². The second-order valence-corrected chi connectivity index (χ2v) is 6.87. The van der Waals surface area contributed by atoms with E-state index in [-0.39, 0.29) is 12.4 Å². The molecule has 0 aliphatic rings. The van der Waals surface area contributed by atoms with Crippen molar-refractivity contribution in [2.45, 2.75) is 19.6 Å². The maximum absolute atomic E-state index is 12.3. The van der Waals surface area contributed by atoms with Crippen LogP contribution in [0.15, 0.2) is 53.3 Å². The summed E-state index contributed by atoms with van der Waals surface area (Å²) in [5, 5.41) is 17.3. The summed E-state index contributed by atoms with van der Waals surface area (Å²) in [6.07, 6.45) is 0.644. The van der Waals surface area contributed by atoms with E-state index in [0.717, 1.165) is 15.6 Å². The lowest BCUT2D eigenvalue weighted by Gasteiger charge is -2.11. The van der Waals surface area contributed by atoms with Gasteiger partial charge in [-0.25, -0.2) is 9.67 Å². The van der Waals surface area contributed by atoms with E-state index < -0.39 is 12.0 Å². The van der Waals surface area contributed by atoms with Gasteiger partial charge in [0, 0.05) is 4.47 Å². The van der Waals surface area contributed by atoms with Gasteiger partial charge in [0.05, 0.1) is 25.4 Å². The first-order valence-electron chi connectivity index (χ1n) is 8.25. The highest BCUT2D eigenvalue weighted by molar-refractivity contribution is 9.10. The number of anilines is 1. The van der Waals surface area contributed by atoms with Gasteiger partial charge in [-0.15, -0.1) is 5.10 Å². The number of benzene rings is 2. The SMILES string of the molecule is COc1ccc(C(O)Cn2cnc(C(=O)Nc3ccc(C)cc3Br)n2)cc1. The van der Waals surface area contributed by atoms with Crippen molar-refractivity contribution in [3.8, 4) is 5.75 Å². The number of ether oxygens (including phenoxy) is 1. The predicted molar refractivity (Wildman–Crippen MR) is 105 cm³/mol. The van der Waals surface area contributed by atoms with Gasteiger partial charge >= 0.3 is 0 Å². The molecule has 1 unspecified atom stereocenters. The quantitative estimate of drug-likeness (QED) is 0.625. The van der Waals surface area contributed by atoms with Crippen molar-refractivity contribution in [1.82, 2.24) is 14.8 Å². The molecule has 7 nitrogen and oxygen atoms in total. The molecule has 2 aromatic carbocycles. The average molecular weight is 431 g/mol. The van der Waals surface area contributed by atoms with Crippen molar-refractivity contribution in [3.63, 3.8) is 0 Å². The molecule has 3 aromatic rings. The van der Waals surface area contributed by atoms with Crippen molar-refractivity contribution < 1.29 is 14.6 Å². The summed E-state index contributed by atoms with van der Waals surface area (Å²) < 4.78 is 7.32. The minimum Gasteiger partial charge on any atom is -0.497 e. The van der Waals surface area contributed by atoms with Crippen molar-refractivity contribution >= 4 is 27.5 Å². The van der Waals surface area contributed by atoms with Crippen LogP contribution in [-0.2, 0) is 6.54 Å². The standard InChI is InChI=1S/C19H19BrN4O3/c1-12-3-8-16(15(20)9-12)22-19(26)18-21-11-24(23-18)10-17(25)13-4-6-14(27-2)7-5-13/h3-9,11,17,25H,10H2,1-2H3,(H,22,26). The first-order valence-corrected chi connectivity index (χ1v) is 9.04. The molecule has 27 heavy (non-hydrogen) atoms. The van der Waals surface area contributed by atoms with Crippen molar-refractivity contribution in [1.29, 1.82) is 0 Å². The molecule has 0 saturated carbocycles. The summed E-state index contributed by atoms with van der Waals surface area (Å²) in [5.41, 5.74) is 2.44. The number of nitrogens with zero attached hydrogens (tertiary/aromatic N) is 3. The van der Waals surface area contributed by atoms with E-state index in [9.17, 15) is 9.90 Å². The van der Waals surface area contributed by atoms with Gasteiger partial charge in [0.1, 0.15) is 12.1 Å². The number of aliphatic hydroxyl groups is 1. The zero-order valence-electron chi connectivity index (χ0n) is 14.9. The van der Waals surface area contributed by atoms with E-state index in [4.69, 9.17) is 4.74 Å². The van der Waals surface area contributed by atoms with Crippen LogP contribution in [0.2, 0.25) is 0 Å². The van der Waals surface area contributed by atoms with E-state index >= 15 is 0 Å². The Morgan fingerprint density at radius 1 is 1.30 bits per heavy atom. The van der Waals surface area contributed by atoms with Gasteiger partial charge in [0.2, 0.25) is 5.82 Å². The predicted octanol–water partition coefficient (Wildman–Crippen LogP) is 3.34. The molecule has 0 aliphatic heterocycles. The fourth-order valence-corrected chi connectivity index (χ4v) is 3.09. The van der Waals surface area contributed by atoms with E-state index in [2.05, 4.69) is 31.3 Å². The topological polar surface area (TPSA) is 89.3 Å². The van der Waals surface area contributed by atoms with Crippen LogP contribution in [0.5, 0.6) is 5.75 Å². The molecule has 1 aromatic heterocycles. The fraction of sp³-hybridized carbons (Fsp3) is 0.211. The number of hydrogen-bond donors (Lipinski definition) is 2. The Hall–Kier alpha value is -2.71. The number of carbonyl (C=O) groups excluding carboxylic acids is 1. The van der Waals surface area contributed by atoms with Crippen LogP contribution in [-0.4, -0.2) is 32.9 Å². The van der Waals surface area contributed by atoms with Crippen LogP contribution in [0.25, 0.3) is 0 Å². The number of rotatable bonds is 6. The van der Waals surface area contributed by atoms with E-state index in [1.165, 1.54) is 11.0 Å². The monoisotopic (exact) mass is 430 g/mol. The summed E-state index contributed by atoms with van der Waals surface area (Å²) in [6, 6.07) is 12.7. The molecule has 2 N–H and O–H groups in total. The third kappa shape index (κ3) is 4.72. The third-order valence-corrected chi connectivity index (χ3v) is 4.63. The average Bonchev–Trinajstić information content (AvgIpc) is 3.12. The Balaban J connectivity index is 1.65. The molecule has 0 saturated heterocycles. The normalized spacial score (nSPS) is 11.9. The smallest absolute Gasteiger partial charge is 0.295 e. The molecule has 8 heteroatoms. The van der Waals surface area contributed by atoms with Crippen LogP contribution in [0, 0.1) is 6.92 Å². The molecule has 0 fully saturated rings. The zero-order valence-corrected chi connectivity index (χ0v) is 16.5. The summed E-state index contributed by atoms with van der Waals surface area (Å²) >= 11 is 3.42. The molecular formula is C19H19BrN4O3. The number of hydrogen-bond acceptors (Lipinski definition) is 5. The number of nitrogens with one attached hydrogen (secondary N) is 1. The fourth-order valence-electron chi connectivity index (χ4n) is 2.50. The van der Waals surface area contributed by atoms with Gasteiger partial charge in [-0.3, -0.25) is 4.79 Å². The van der Waals surface area contributed by atoms with Crippen LogP contribution in [0.3, 0.4) is 0 Å². The second-order valence-electron chi connectivity index (χ2n) is 6.02. The Morgan fingerprint density at radius 3 is 2.70 bits per heavy atom. The third-order valence-electron chi connectivity index (χ3n) is 3.97. The maximum atomic E-state index is 12.3.